The minimum absolute atomic E-state index is 0.00509. The standard InChI is InChI=1S/C104H109F2N11O22S5/c1-102(2,3)139-101(122)107-47-17-16-25-85(109-100(121)69-22-20-23-73(55-69)117-63-70(110-111-117)62-108-97(120)30-13-10-18-48-116-89-42-36-77(144(134,135)136)61-82(89)104(6,7)96(116)29-12-9-11-28-95-103(4,5)81-60-76(143(131,132)133)35-41-88(81)112(95)8)91(119)64-137-99-83(105)53-65(54-84(99)106)21-19-26-90(118)66-43-49-113(50-44-66)140(123,124)94-27-15-14-24-80(94)98-78-37-31-71(114-51-45-67-56-74(141(125,126)127)33-39-86(67)114)58-92(78)138-93-59-72(32-38-79(93)98)115-52-46-68-57-75(142(128,129)130)34-40-87(68)115/h9,11-12,14-15,20,22-24,27-29,31-42,53-61,63,66,85H,10,13,16-19,21,25-26,30,43-52,62,64H2,1-8H3,(H5-2,107,108,109,120,121,122,125,126,127,128,129,130,131,132,133,134,135,136)/p+2/t85-/m0/s1. The maximum atomic E-state index is 16.1. The van der Waals surface area contributed by atoms with Gasteiger partial charge in [-0.05, 0) is 237 Å². The number of aromatic nitrogens is 3. The molecule has 7 aliphatic rings. The van der Waals surface area contributed by atoms with Crippen molar-refractivity contribution < 1.29 is 112 Å². The van der Waals surface area contributed by atoms with E-state index in [2.05, 4.69) is 31.2 Å². The number of carbonyl (C=O) groups excluding carboxylic acids is 5. The Morgan fingerprint density at radius 3 is 2.01 bits per heavy atom. The van der Waals surface area contributed by atoms with E-state index in [1.54, 1.807) is 81.6 Å². The highest BCUT2D eigenvalue weighted by Crippen LogP contribution is 2.51. The van der Waals surface area contributed by atoms with E-state index >= 15 is 17.2 Å². The van der Waals surface area contributed by atoms with Gasteiger partial charge in [0.05, 0.1) is 60.4 Å². The second-order valence-corrected chi connectivity index (χ2v) is 46.1. The zero-order chi connectivity index (χ0) is 103. The van der Waals surface area contributed by atoms with Gasteiger partial charge in [-0.15, -0.1) is 5.10 Å². The van der Waals surface area contributed by atoms with E-state index in [1.807, 2.05) is 116 Å². The molecule has 0 saturated carbocycles. The average molecular weight is 2070 g/mol. The third-order valence-electron chi connectivity index (χ3n) is 26.9. The van der Waals surface area contributed by atoms with Crippen molar-refractivity contribution in [2.24, 2.45) is 5.92 Å². The molecule has 1 atom stereocenters. The number of amides is 3. The van der Waals surface area contributed by atoms with Gasteiger partial charge in [0.25, 0.3) is 46.4 Å². The van der Waals surface area contributed by atoms with Crippen molar-refractivity contribution in [2.75, 3.05) is 62.7 Å². The number of hydrogen-bond donors (Lipinski definition) is 7. The number of alkyl carbamates (subject to hydrolysis) is 1. The number of rotatable bonds is 36. The highest BCUT2D eigenvalue weighted by atomic mass is 32.2. The molecule has 40 heteroatoms. The molecule has 33 nitrogen and oxygen atoms in total. The number of benzene rings is 9. The first-order valence-electron chi connectivity index (χ1n) is 47.2. The second-order valence-electron chi connectivity index (χ2n) is 38.5. The monoisotopic (exact) mass is 2060 g/mol. The molecule has 1 aromatic heterocycles. The molecule has 1 saturated heterocycles. The Balaban J connectivity index is 0.522. The Hall–Kier alpha value is -13.2. The molecule has 1 fully saturated rings. The van der Waals surface area contributed by atoms with E-state index in [0.717, 1.165) is 40.5 Å². The van der Waals surface area contributed by atoms with Gasteiger partial charge in [0, 0.05) is 155 Å². The molecule has 1 aliphatic carbocycles. The van der Waals surface area contributed by atoms with Crippen LogP contribution in [0.25, 0.3) is 39.1 Å². The number of nitrogens with zero attached hydrogens (tertiary/aromatic N) is 8. The predicted octanol–water partition coefficient (Wildman–Crippen LogP) is 15.5. The van der Waals surface area contributed by atoms with Crippen molar-refractivity contribution in [1.29, 1.82) is 0 Å². The van der Waals surface area contributed by atoms with Gasteiger partial charge >= 0.3 is 6.09 Å². The Kier molecular flexibility index (Phi) is 29.9. The summed E-state index contributed by atoms with van der Waals surface area (Å²) in [7, 11) is -20.4. The quantitative estimate of drug-likeness (QED) is 0.00630. The Morgan fingerprint density at radius 1 is 0.632 bits per heavy atom. The molecule has 0 bridgehead atoms. The van der Waals surface area contributed by atoms with Crippen LogP contribution in [0.5, 0.6) is 5.75 Å². The summed E-state index contributed by atoms with van der Waals surface area (Å²) in [5.41, 5.74) is 8.96. The Morgan fingerprint density at radius 2 is 1.31 bits per heavy atom. The van der Waals surface area contributed by atoms with Crippen molar-refractivity contribution in [3.05, 3.63) is 268 Å². The van der Waals surface area contributed by atoms with Gasteiger partial charge in [0.15, 0.2) is 35.4 Å². The van der Waals surface area contributed by atoms with Crippen LogP contribution in [0.4, 0.5) is 42.0 Å². The number of piperidine rings is 1. The van der Waals surface area contributed by atoms with Crippen molar-refractivity contribution >= 4 is 125 Å². The fourth-order valence-corrected chi connectivity index (χ4v) is 23.3. The lowest BCUT2D eigenvalue weighted by Crippen LogP contribution is -2.43. The lowest BCUT2D eigenvalue weighted by atomic mass is 9.81. The van der Waals surface area contributed by atoms with E-state index in [1.165, 1.54) is 75.7 Å². The van der Waals surface area contributed by atoms with Crippen molar-refractivity contribution in [3.63, 3.8) is 0 Å². The molecule has 16 rings (SSSR count). The van der Waals surface area contributed by atoms with Crippen LogP contribution in [0.2, 0.25) is 0 Å². The van der Waals surface area contributed by atoms with Gasteiger partial charge in [0.2, 0.25) is 32.7 Å². The number of hydrogen-bond acceptors (Lipinski definition) is 22. The van der Waals surface area contributed by atoms with Crippen LogP contribution >= 0.6 is 0 Å². The first-order valence-corrected chi connectivity index (χ1v) is 54.4. The molecule has 7 N–H and O–H groups in total. The second kappa shape index (κ2) is 41.5. The van der Waals surface area contributed by atoms with Crippen LogP contribution in [-0.4, -0.2) is 184 Å². The van der Waals surface area contributed by atoms with Gasteiger partial charge in [-0.1, -0.05) is 68.0 Å². The highest BCUT2D eigenvalue weighted by molar-refractivity contribution is 7.89. The van der Waals surface area contributed by atoms with E-state index < -0.39 is 121 Å². The summed E-state index contributed by atoms with van der Waals surface area (Å²) in [6.45, 7) is 13.6. The number of unbranched alkanes of at least 4 members (excludes halogenated alkanes) is 3. The summed E-state index contributed by atoms with van der Waals surface area (Å²) in [6.07, 6.45) is 14.4. The summed E-state index contributed by atoms with van der Waals surface area (Å²) in [5.74, 6) is -5.13. The van der Waals surface area contributed by atoms with Gasteiger partial charge in [-0.2, -0.15) is 47.1 Å². The third kappa shape index (κ3) is 22.8. The van der Waals surface area contributed by atoms with Crippen LogP contribution < -0.4 is 40.4 Å². The van der Waals surface area contributed by atoms with Gasteiger partial charge in [-0.3, -0.25) is 37.4 Å². The minimum atomic E-state index is -4.53. The Labute approximate surface area is 833 Å². The first kappa shape index (κ1) is 104. The number of ketones is 2. The zero-order valence-corrected chi connectivity index (χ0v) is 84.4. The summed E-state index contributed by atoms with van der Waals surface area (Å²) in [5, 5.41) is 18.0. The lowest BCUT2D eigenvalue weighted by molar-refractivity contribution is -0.401. The number of nitrogens with one attached hydrogen (secondary N) is 3. The Bertz CT molecular complexity index is 7770. The summed E-state index contributed by atoms with van der Waals surface area (Å²) < 4.78 is 224. The molecule has 756 valence electrons. The van der Waals surface area contributed by atoms with Crippen LogP contribution in [0, 0.1) is 17.6 Å². The maximum absolute atomic E-state index is 16.1. The number of anilines is 3. The molecule has 3 amide bonds. The summed E-state index contributed by atoms with van der Waals surface area (Å²) >= 11 is 0. The number of fused-ring (bicyclic) bond motifs is 6. The van der Waals surface area contributed by atoms with Crippen LogP contribution in [0.1, 0.15) is 163 Å². The number of ether oxygens (including phenoxy) is 2. The fraction of sp³-hybridized carbons (Fsp3) is 0.337. The molecule has 9 aromatic rings. The molecular weight excluding hydrogens is 1950 g/mol. The lowest BCUT2D eigenvalue weighted by Gasteiger charge is -2.31. The van der Waals surface area contributed by atoms with E-state index in [4.69, 9.17) is 13.9 Å². The normalized spacial score (nSPS) is 16.4. The highest BCUT2D eigenvalue weighted by Gasteiger charge is 2.45. The molecule has 0 radical (unpaired) electrons. The molecule has 144 heavy (non-hydrogen) atoms. The van der Waals surface area contributed by atoms with Crippen molar-refractivity contribution in [1.82, 2.24) is 39.8 Å². The van der Waals surface area contributed by atoms with Gasteiger partial charge in [0.1, 0.15) is 42.1 Å². The fourth-order valence-electron chi connectivity index (χ4n) is 19.6. The van der Waals surface area contributed by atoms with E-state index in [9.17, 15) is 75.9 Å². The van der Waals surface area contributed by atoms with Crippen molar-refractivity contribution in [3.8, 4) is 33.9 Å². The predicted molar refractivity (Wildman–Crippen MR) is 535 cm³/mol. The van der Waals surface area contributed by atoms with Crippen LogP contribution in [-0.2, 0) is 106 Å². The van der Waals surface area contributed by atoms with E-state index in [-0.39, 0.29) is 125 Å². The smallest absolute Gasteiger partial charge is 0.407 e. The van der Waals surface area contributed by atoms with Gasteiger partial charge in [-0.25, -0.2) is 26.7 Å². The van der Waals surface area contributed by atoms with Gasteiger partial charge < -0.3 is 39.6 Å². The number of aryl methyl sites for hydroxylation is 1. The average Bonchev–Trinajstić information content (AvgIpc) is 1.15. The first-order chi connectivity index (χ1) is 68.1. The molecule has 8 aromatic carbocycles. The van der Waals surface area contributed by atoms with Crippen LogP contribution in [0.15, 0.2) is 241 Å². The SMILES string of the molecule is C[N+]1=C(/C=C/C=C/C=C2\N(CCCCCC(=O)NCc3cn(-c4cccc(C(=O)N[C@@H](CCCCNC(=O)OC(C)(C)C)C(=O)COc5c(F)cc(CCCC(=O)C6CCN(S(=O)(=O)c7ccccc7-c7c8ccc(=[N+]9CCc%10cc(S(=O)(=O)O)ccc%109)cc-8oc8cc(N9CCc%10cc(S(=O)(=O)O)ccc%109)ccc78)CC6)cc5F)c4)nn3)c3ccc(S(=O)(=O)O)cc3C2(C)C)C(C)(C)c2cc(S(=O)(=O)O)ccc21. The molecule has 0 spiro atoms. The number of halogens is 2. The number of allylic oxidation sites excluding steroid dienone is 6. The zero-order valence-electron chi connectivity index (χ0n) is 80.4. The maximum Gasteiger partial charge on any atom is 0.407 e. The number of sulfonamides is 1. The third-order valence-corrected chi connectivity index (χ3v) is 32.3. The largest absolute Gasteiger partial charge is 0.480 e. The summed E-state index contributed by atoms with van der Waals surface area (Å²) in [4.78, 5) is 71.4. The molecule has 0 unspecified atom stereocenters. The number of Topliss-reactive ketones (excluding diaryl/α,β-unsaturated/α-hetero) is 2. The van der Waals surface area contributed by atoms with Crippen molar-refractivity contribution in [2.45, 2.75) is 192 Å². The minimum Gasteiger partial charge on any atom is -0.480 e. The molecule has 6 aliphatic heterocycles. The molecule has 7 heterocycles. The summed E-state index contributed by atoms with van der Waals surface area (Å²) in [6, 6.07) is 42.5. The number of carbonyl (C=O) groups is 5. The van der Waals surface area contributed by atoms with E-state index in [0.29, 0.717) is 142 Å². The topological polar surface area (TPSA) is 451 Å². The molecular formula is C104H111F2N11O22S5+2. The van der Waals surface area contributed by atoms with Crippen LogP contribution in [0.3, 0.4) is 0 Å².